The molecule has 1 amide bonds. The molecule has 0 aliphatic carbocycles. The van der Waals surface area contributed by atoms with Crippen LogP contribution >= 0.6 is 0 Å². The largest absolute Gasteiger partial charge is 0.465 e. The Hall–Kier alpha value is -0.730. The number of carboxylic acid groups (broad SMARTS) is 1. The second-order valence-corrected chi connectivity index (χ2v) is 5.04. The van der Waals surface area contributed by atoms with Crippen molar-refractivity contribution >= 4 is 6.09 Å². The van der Waals surface area contributed by atoms with Crippen molar-refractivity contribution in [3.05, 3.63) is 0 Å². The van der Waals surface area contributed by atoms with Gasteiger partial charge < -0.3 is 10.0 Å². The zero-order valence-corrected chi connectivity index (χ0v) is 12.3. The van der Waals surface area contributed by atoms with Gasteiger partial charge in [-0.1, -0.05) is 64.7 Å². The molecule has 0 rings (SSSR count). The number of nitrogens with zero attached hydrogens (tertiary/aromatic N) is 1. The Morgan fingerprint density at radius 1 is 0.833 bits per heavy atom. The Morgan fingerprint density at radius 3 is 1.67 bits per heavy atom. The van der Waals surface area contributed by atoms with Gasteiger partial charge in [0.25, 0.3) is 0 Å². The monoisotopic (exact) mass is 257 g/mol. The van der Waals surface area contributed by atoms with Crippen molar-refractivity contribution < 1.29 is 9.90 Å². The first kappa shape index (κ1) is 17.3. The number of carbonyl (C=O) groups is 1. The molecule has 0 spiro atoms. The second-order valence-electron chi connectivity index (χ2n) is 5.04. The number of amides is 1. The first-order valence-electron chi connectivity index (χ1n) is 7.70. The predicted octanol–water partition coefficient (Wildman–Crippen LogP) is 4.91. The zero-order valence-electron chi connectivity index (χ0n) is 12.3. The molecule has 0 radical (unpaired) electrons. The summed E-state index contributed by atoms with van der Waals surface area (Å²) in [7, 11) is 0. The topological polar surface area (TPSA) is 40.5 Å². The fourth-order valence-corrected chi connectivity index (χ4v) is 2.18. The molecule has 0 aromatic heterocycles. The summed E-state index contributed by atoms with van der Waals surface area (Å²) in [5, 5.41) is 8.84. The van der Waals surface area contributed by atoms with E-state index in [2.05, 4.69) is 6.92 Å². The minimum atomic E-state index is -0.784. The summed E-state index contributed by atoms with van der Waals surface area (Å²) >= 11 is 0. The third-order valence-electron chi connectivity index (χ3n) is 3.43. The van der Waals surface area contributed by atoms with Crippen molar-refractivity contribution in [1.29, 1.82) is 0 Å². The van der Waals surface area contributed by atoms with E-state index in [-0.39, 0.29) is 0 Å². The van der Waals surface area contributed by atoms with Crippen LogP contribution in [0.25, 0.3) is 0 Å². The molecule has 0 heterocycles. The van der Waals surface area contributed by atoms with Crippen LogP contribution in [0.1, 0.15) is 78.1 Å². The molecule has 3 heteroatoms. The Balaban J connectivity index is 3.18. The van der Waals surface area contributed by atoms with E-state index in [1.165, 1.54) is 62.7 Å². The van der Waals surface area contributed by atoms with E-state index < -0.39 is 6.09 Å². The number of unbranched alkanes of at least 4 members (excludes halogenated alkanes) is 9. The first-order chi connectivity index (χ1) is 8.72. The van der Waals surface area contributed by atoms with Gasteiger partial charge in [-0.15, -0.1) is 0 Å². The van der Waals surface area contributed by atoms with Gasteiger partial charge in [-0.3, -0.25) is 0 Å². The lowest BCUT2D eigenvalue weighted by Crippen LogP contribution is -2.29. The minimum absolute atomic E-state index is 0.604. The maximum Gasteiger partial charge on any atom is 0.407 e. The molecule has 0 fully saturated rings. The molecule has 0 unspecified atom stereocenters. The summed E-state index contributed by atoms with van der Waals surface area (Å²) in [5.41, 5.74) is 0. The van der Waals surface area contributed by atoms with Crippen LogP contribution in [0.4, 0.5) is 4.79 Å². The van der Waals surface area contributed by atoms with E-state index in [0.29, 0.717) is 13.1 Å². The standard InChI is InChI=1S/C15H31NO2/c1-3-5-6-7-8-9-10-11-12-13-14-16(4-2)15(17)18/h3-14H2,1-2H3,(H,17,18). The van der Waals surface area contributed by atoms with Gasteiger partial charge in [0.15, 0.2) is 0 Å². The second kappa shape index (κ2) is 12.7. The van der Waals surface area contributed by atoms with Gasteiger partial charge in [0.2, 0.25) is 0 Å². The van der Waals surface area contributed by atoms with Gasteiger partial charge >= 0.3 is 6.09 Å². The summed E-state index contributed by atoms with van der Waals surface area (Å²) in [5.74, 6) is 0. The first-order valence-corrected chi connectivity index (χ1v) is 7.70. The van der Waals surface area contributed by atoms with Crippen LogP contribution in [0.2, 0.25) is 0 Å². The lowest BCUT2D eigenvalue weighted by atomic mass is 10.1. The number of hydrogen-bond acceptors (Lipinski definition) is 1. The zero-order chi connectivity index (χ0) is 13.6. The molecule has 3 nitrogen and oxygen atoms in total. The van der Waals surface area contributed by atoms with Crippen molar-refractivity contribution in [2.45, 2.75) is 78.1 Å². The molecule has 0 aromatic carbocycles. The SMILES string of the molecule is CCCCCCCCCCCCN(CC)C(=O)O. The van der Waals surface area contributed by atoms with Crippen molar-refractivity contribution in [2.75, 3.05) is 13.1 Å². The molecule has 0 aromatic rings. The molecule has 0 aliphatic rings. The molecular formula is C15H31NO2. The summed E-state index contributed by atoms with van der Waals surface area (Å²) in [4.78, 5) is 12.2. The maximum absolute atomic E-state index is 10.7. The maximum atomic E-state index is 10.7. The highest BCUT2D eigenvalue weighted by Gasteiger charge is 2.07. The molecule has 0 saturated heterocycles. The molecule has 0 atom stereocenters. The summed E-state index contributed by atoms with van der Waals surface area (Å²) in [6, 6.07) is 0. The molecule has 0 bridgehead atoms. The van der Waals surface area contributed by atoms with Gasteiger partial charge in [0.05, 0.1) is 0 Å². The van der Waals surface area contributed by atoms with Crippen molar-refractivity contribution in [3.8, 4) is 0 Å². The average molecular weight is 257 g/mol. The quantitative estimate of drug-likeness (QED) is 0.505. The van der Waals surface area contributed by atoms with Crippen molar-refractivity contribution in [3.63, 3.8) is 0 Å². The molecule has 1 N–H and O–H groups in total. The van der Waals surface area contributed by atoms with Crippen LogP contribution in [0.3, 0.4) is 0 Å². The van der Waals surface area contributed by atoms with Gasteiger partial charge in [-0.25, -0.2) is 4.79 Å². The predicted molar refractivity (Wildman–Crippen MR) is 77.1 cm³/mol. The summed E-state index contributed by atoms with van der Waals surface area (Å²) in [6.07, 6.45) is 12.1. The van der Waals surface area contributed by atoms with Gasteiger partial charge in [0.1, 0.15) is 0 Å². The molecular weight excluding hydrogens is 226 g/mol. The highest BCUT2D eigenvalue weighted by Crippen LogP contribution is 2.10. The van der Waals surface area contributed by atoms with E-state index in [9.17, 15) is 4.79 Å². The normalized spacial score (nSPS) is 10.6. The highest BCUT2D eigenvalue weighted by atomic mass is 16.4. The Morgan fingerprint density at radius 2 is 1.28 bits per heavy atom. The minimum Gasteiger partial charge on any atom is -0.465 e. The Kier molecular flexibility index (Phi) is 12.2. The summed E-state index contributed by atoms with van der Waals surface area (Å²) in [6.45, 7) is 5.44. The van der Waals surface area contributed by atoms with E-state index in [1.807, 2.05) is 6.92 Å². The fourth-order valence-electron chi connectivity index (χ4n) is 2.18. The molecule has 108 valence electrons. The van der Waals surface area contributed by atoms with E-state index in [0.717, 1.165) is 6.42 Å². The molecule has 0 aliphatic heterocycles. The van der Waals surface area contributed by atoms with Gasteiger partial charge in [-0.2, -0.15) is 0 Å². The van der Waals surface area contributed by atoms with Crippen molar-refractivity contribution in [2.24, 2.45) is 0 Å². The van der Waals surface area contributed by atoms with Crippen LogP contribution in [0, 0.1) is 0 Å². The van der Waals surface area contributed by atoms with Crippen molar-refractivity contribution in [1.82, 2.24) is 4.90 Å². The van der Waals surface area contributed by atoms with E-state index >= 15 is 0 Å². The summed E-state index contributed by atoms with van der Waals surface area (Å²) < 4.78 is 0. The Labute approximate surface area is 113 Å². The number of rotatable bonds is 12. The Bertz CT molecular complexity index is 195. The smallest absolute Gasteiger partial charge is 0.407 e. The van der Waals surface area contributed by atoms with Crippen LogP contribution in [0.5, 0.6) is 0 Å². The lowest BCUT2D eigenvalue weighted by molar-refractivity contribution is 0.146. The average Bonchev–Trinajstić information content (AvgIpc) is 2.35. The third-order valence-corrected chi connectivity index (χ3v) is 3.43. The van der Waals surface area contributed by atoms with E-state index in [1.54, 1.807) is 0 Å². The van der Waals surface area contributed by atoms with Crippen LogP contribution < -0.4 is 0 Å². The molecule has 0 saturated carbocycles. The van der Waals surface area contributed by atoms with Crippen LogP contribution in [0.15, 0.2) is 0 Å². The van der Waals surface area contributed by atoms with Gasteiger partial charge in [-0.05, 0) is 13.3 Å². The van der Waals surface area contributed by atoms with Crippen LogP contribution in [-0.2, 0) is 0 Å². The lowest BCUT2D eigenvalue weighted by Gasteiger charge is -2.16. The fraction of sp³-hybridized carbons (Fsp3) is 0.933. The third kappa shape index (κ3) is 10.4. The van der Waals surface area contributed by atoms with Gasteiger partial charge in [0, 0.05) is 13.1 Å². The van der Waals surface area contributed by atoms with Crippen LogP contribution in [-0.4, -0.2) is 29.2 Å². The van der Waals surface area contributed by atoms with E-state index in [4.69, 9.17) is 5.11 Å². The molecule has 18 heavy (non-hydrogen) atoms. The highest BCUT2D eigenvalue weighted by molar-refractivity contribution is 5.64. The number of hydrogen-bond donors (Lipinski definition) is 1.